The molecule has 0 aromatic carbocycles. The number of piperidine rings is 1. The second-order valence-corrected chi connectivity index (χ2v) is 3.44. The van der Waals surface area contributed by atoms with Crippen LogP contribution in [0.25, 0.3) is 0 Å². The van der Waals surface area contributed by atoms with Crippen LogP contribution in [0.4, 0.5) is 8.78 Å². The number of alkyl halides is 2. The van der Waals surface area contributed by atoms with Gasteiger partial charge in [0.15, 0.2) is 0 Å². The molecule has 13 heavy (non-hydrogen) atoms. The molecule has 0 radical (unpaired) electrons. The predicted octanol–water partition coefficient (Wildman–Crippen LogP) is 1.12. The molecule has 0 saturated carbocycles. The highest BCUT2D eigenvalue weighted by molar-refractivity contribution is 4.88. The van der Waals surface area contributed by atoms with E-state index in [1.54, 1.807) is 6.08 Å². The molecule has 1 aliphatic rings. The van der Waals surface area contributed by atoms with E-state index in [0.717, 1.165) is 0 Å². The Hall–Kier alpha value is -0.480. The monoisotopic (exact) mass is 191 g/mol. The highest BCUT2D eigenvalue weighted by Gasteiger charge is 2.43. The van der Waals surface area contributed by atoms with Gasteiger partial charge in [-0.15, -0.1) is 6.58 Å². The van der Waals surface area contributed by atoms with Crippen LogP contribution in [0.15, 0.2) is 12.7 Å². The van der Waals surface area contributed by atoms with E-state index in [0.29, 0.717) is 13.1 Å². The Kier molecular flexibility index (Phi) is 3.39. The molecule has 1 atom stereocenters. The van der Waals surface area contributed by atoms with Gasteiger partial charge in [-0.2, -0.15) is 0 Å². The molecule has 1 aliphatic heterocycles. The van der Waals surface area contributed by atoms with Gasteiger partial charge in [-0.1, -0.05) is 6.08 Å². The summed E-state index contributed by atoms with van der Waals surface area (Å²) in [6.45, 7) is 4.37. The van der Waals surface area contributed by atoms with E-state index < -0.39 is 18.4 Å². The average Bonchev–Trinajstić information content (AvgIpc) is 2.08. The van der Waals surface area contributed by atoms with Gasteiger partial charge >= 0.3 is 0 Å². The summed E-state index contributed by atoms with van der Waals surface area (Å²) >= 11 is 0. The molecule has 0 aromatic heterocycles. The van der Waals surface area contributed by atoms with Gasteiger partial charge < -0.3 is 5.11 Å². The summed E-state index contributed by atoms with van der Waals surface area (Å²) in [5, 5.41) is 8.78. The summed E-state index contributed by atoms with van der Waals surface area (Å²) in [6.07, 6.45) is 1.53. The number of rotatable bonds is 3. The number of likely N-dealkylation sites (tertiary alicyclic amines) is 1. The van der Waals surface area contributed by atoms with Crippen molar-refractivity contribution in [2.24, 2.45) is 5.92 Å². The molecule has 1 heterocycles. The van der Waals surface area contributed by atoms with Gasteiger partial charge in [-0.3, -0.25) is 4.90 Å². The Morgan fingerprint density at radius 1 is 1.62 bits per heavy atom. The van der Waals surface area contributed by atoms with Crippen molar-refractivity contribution in [2.75, 3.05) is 26.2 Å². The maximum atomic E-state index is 13.1. The van der Waals surface area contributed by atoms with Gasteiger partial charge in [0.05, 0.1) is 12.5 Å². The number of aliphatic hydroxyl groups is 1. The number of aliphatic hydroxyl groups excluding tert-OH is 1. The third kappa shape index (κ3) is 2.48. The summed E-state index contributed by atoms with van der Waals surface area (Å²) in [6, 6.07) is 0. The Bertz CT molecular complexity index is 184. The first-order valence-electron chi connectivity index (χ1n) is 4.42. The standard InChI is InChI=1S/C9H15F2NO/c1-2-4-12-5-3-9(10,11)8(6-12)7-13/h2,8,13H,1,3-7H2. The first kappa shape index (κ1) is 10.6. The molecule has 0 bridgehead atoms. The molecule has 0 spiro atoms. The number of nitrogens with zero attached hydrogens (tertiary/aromatic N) is 1. The van der Waals surface area contributed by atoms with Crippen LogP contribution in [0, 0.1) is 5.92 Å². The van der Waals surface area contributed by atoms with Crippen molar-refractivity contribution in [3.05, 3.63) is 12.7 Å². The predicted molar refractivity (Wildman–Crippen MR) is 46.8 cm³/mol. The van der Waals surface area contributed by atoms with Gasteiger partial charge in [0.2, 0.25) is 0 Å². The summed E-state index contributed by atoms with van der Waals surface area (Å²) in [4.78, 5) is 1.88. The van der Waals surface area contributed by atoms with Crippen molar-refractivity contribution < 1.29 is 13.9 Å². The highest BCUT2D eigenvalue weighted by Crippen LogP contribution is 2.32. The van der Waals surface area contributed by atoms with Crippen LogP contribution in [-0.4, -0.2) is 42.2 Å². The van der Waals surface area contributed by atoms with Crippen LogP contribution < -0.4 is 0 Å². The van der Waals surface area contributed by atoms with Crippen LogP contribution in [0.1, 0.15) is 6.42 Å². The van der Waals surface area contributed by atoms with Crippen LogP contribution in [0.5, 0.6) is 0 Å². The third-order valence-electron chi connectivity index (χ3n) is 2.44. The van der Waals surface area contributed by atoms with E-state index in [1.807, 2.05) is 4.90 Å². The molecule has 76 valence electrons. The maximum Gasteiger partial charge on any atom is 0.255 e. The van der Waals surface area contributed by atoms with Crippen molar-refractivity contribution >= 4 is 0 Å². The van der Waals surface area contributed by atoms with E-state index in [1.165, 1.54) is 0 Å². The average molecular weight is 191 g/mol. The first-order chi connectivity index (χ1) is 6.10. The molecule has 1 unspecified atom stereocenters. The summed E-state index contributed by atoms with van der Waals surface area (Å²) < 4.78 is 26.1. The Morgan fingerprint density at radius 2 is 2.31 bits per heavy atom. The minimum atomic E-state index is -2.70. The largest absolute Gasteiger partial charge is 0.396 e. The van der Waals surface area contributed by atoms with Gasteiger partial charge in [0.25, 0.3) is 5.92 Å². The Morgan fingerprint density at radius 3 is 2.85 bits per heavy atom. The summed E-state index contributed by atoms with van der Waals surface area (Å²) in [5.74, 6) is -3.62. The number of hydrogen-bond donors (Lipinski definition) is 1. The molecule has 0 aromatic rings. The van der Waals surface area contributed by atoms with Crippen molar-refractivity contribution in [2.45, 2.75) is 12.3 Å². The molecule has 1 saturated heterocycles. The molecule has 1 N–H and O–H groups in total. The maximum absolute atomic E-state index is 13.1. The smallest absolute Gasteiger partial charge is 0.255 e. The zero-order valence-corrected chi connectivity index (χ0v) is 7.55. The van der Waals surface area contributed by atoms with Crippen LogP contribution >= 0.6 is 0 Å². The Labute approximate surface area is 76.8 Å². The zero-order chi connectivity index (χ0) is 9.90. The molecule has 0 amide bonds. The topological polar surface area (TPSA) is 23.5 Å². The van der Waals surface area contributed by atoms with E-state index in [4.69, 9.17) is 5.11 Å². The summed E-state index contributed by atoms with van der Waals surface area (Å²) in [5.41, 5.74) is 0. The van der Waals surface area contributed by atoms with Crippen LogP contribution in [0.2, 0.25) is 0 Å². The highest BCUT2D eigenvalue weighted by atomic mass is 19.3. The first-order valence-corrected chi connectivity index (χ1v) is 4.42. The minimum Gasteiger partial charge on any atom is -0.396 e. The van der Waals surface area contributed by atoms with Crippen LogP contribution in [-0.2, 0) is 0 Å². The van der Waals surface area contributed by atoms with Crippen molar-refractivity contribution in [3.63, 3.8) is 0 Å². The second-order valence-electron chi connectivity index (χ2n) is 3.44. The molecule has 1 rings (SSSR count). The lowest BCUT2D eigenvalue weighted by molar-refractivity contribution is -0.118. The van der Waals surface area contributed by atoms with Gasteiger partial charge in [0.1, 0.15) is 0 Å². The lowest BCUT2D eigenvalue weighted by Gasteiger charge is -2.36. The molecule has 4 heteroatoms. The number of hydrogen-bond acceptors (Lipinski definition) is 2. The second kappa shape index (κ2) is 4.15. The zero-order valence-electron chi connectivity index (χ0n) is 7.55. The molecular weight excluding hydrogens is 176 g/mol. The van der Waals surface area contributed by atoms with E-state index in [-0.39, 0.29) is 13.0 Å². The fraction of sp³-hybridized carbons (Fsp3) is 0.778. The van der Waals surface area contributed by atoms with E-state index in [9.17, 15) is 8.78 Å². The molecule has 2 nitrogen and oxygen atoms in total. The fourth-order valence-electron chi connectivity index (χ4n) is 1.59. The SMILES string of the molecule is C=CCN1CCC(F)(F)C(CO)C1. The normalized spacial score (nSPS) is 28.7. The minimum absolute atomic E-state index is 0.161. The molecular formula is C9H15F2NO. The van der Waals surface area contributed by atoms with Crippen molar-refractivity contribution in [3.8, 4) is 0 Å². The molecule has 1 fully saturated rings. The third-order valence-corrected chi connectivity index (χ3v) is 2.44. The van der Waals surface area contributed by atoms with E-state index in [2.05, 4.69) is 6.58 Å². The van der Waals surface area contributed by atoms with Crippen LogP contribution in [0.3, 0.4) is 0 Å². The van der Waals surface area contributed by atoms with Gasteiger partial charge in [0, 0.05) is 26.1 Å². The van der Waals surface area contributed by atoms with Crippen molar-refractivity contribution in [1.82, 2.24) is 4.90 Å². The molecule has 0 aliphatic carbocycles. The lowest BCUT2D eigenvalue weighted by atomic mass is 9.94. The quantitative estimate of drug-likeness (QED) is 0.676. The van der Waals surface area contributed by atoms with Crippen molar-refractivity contribution in [1.29, 1.82) is 0 Å². The van der Waals surface area contributed by atoms with E-state index >= 15 is 0 Å². The Balaban J connectivity index is 2.52. The van der Waals surface area contributed by atoms with Gasteiger partial charge in [-0.25, -0.2) is 8.78 Å². The number of halogens is 2. The summed E-state index contributed by atoms with van der Waals surface area (Å²) in [7, 11) is 0. The van der Waals surface area contributed by atoms with Gasteiger partial charge in [-0.05, 0) is 0 Å². The lowest BCUT2D eigenvalue weighted by Crippen LogP contribution is -2.48. The fourth-order valence-corrected chi connectivity index (χ4v) is 1.59.